The molecule has 0 bridgehead atoms. The van der Waals surface area contributed by atoms with Crippen molar-refractivity contribution in [1.29, 1.82) is 0 Å². The lowest BCUT2D eigenvalue weighted by molar-refractivity contribution is -0.143. The second kappa shape index (κ2) is 15.6. The van der Waals surface area contributed by atoms with Crippen molar-refractivity contribution in [1.82, 2.24) is 0 Å². The Morgan fingerprint density at radius 3 is 1.76 bits per heavy atom. The van der Waals surface area contributed by atoms with Crippen LogP contribution in [0.25, 0.3) is 0 Å². The third-order valence-electron chi connectivity index (χ3n) is 4.30. The highest BCUT2D eigenvalue weighted by Gasteiger charge is 2.31. The Morgan fingerprint density at radius 1 is 0.920 bits per heavy atom. The summed E-state index contributed by atoms with van der Waals surface area (Å²) in [4.78, 5) is 11.7. The van der Waals surface area contributed by atoms with Gasteiger partial charge < -0.3 is 10.5 Å². The molecule has 0 aromatic carbocycles. The van der Waals surface area contributed by atoms with Crippen LogP contribution in [0, 0.1) is 0 Å². The van der Waals surface area contributed by atoms with Gasteiger partial charge in [0.1, 0.15) is 6.61 Å². The summed E-state index contributed by atoms with van der Waals surface area (Å²) in [6.07, 6.45) is 14.1. The molecule has 0 aromatic heterocycles. The van der Waals surface area contributed by atoms with Gasteiger partial charge in [0.25, 0.3) is 10.1 Å². The van der Waals surface area contributed by atoms with Gasteiger partial charge in [0.2, 0.25) is 0 Å². The molecule has 7 heteroatoms. The average Bonchev–Trinajstić information content (AvgIpc) is 2.55. The van der Waals surface area contributed by atoms with Crippen LogP contribution in [0.5, 0.6) is 0 Å². The molecule has 0 saturated heterocycles. The molecule has 1 unspecified atom stereocenters. The second-order valence-corrected chi connectivity index (χ2v) is 8.24. The molecule has 0 rings (SSSR count). The quantitative estimate of drug-likeness (QED) is 0.226. The van der Waals surface area contributed by atoms with Crippen molar-refractivity contribution in [3.63, 3.8) is 0 Å². The molecule has 3 N–H and O–H groups in total. The van der Waals surface area contributed by atoms with Crippen LogP contribution in [0.15, 0.2) is 0 Å². The van der Waals surface area contributed by atoms with E-state index in [9.17, 15) is 13.2 Å². The Bertz CT molecular complexity index is 425. The number of hydrogen-bond donors (Lipinski definition) is 2. The average molecular weight is 380 g/mol. The van der Waals surface area contributed by atoms with Crippen LogP contribution in [0.4, 0.5) is 0 Å². The van der Waals surface area contributed by atoms with E-state index in [1.807, 2.05) is 0 Å². The third-order valence-corrected chi connectivity index (χ3v) is 5.45. The number of esters is 1. The van der Waals surface area contributed by atoms with Gasteiger partial charge in [-0.1, -0.05) is 84.0 Å². The van der Waals surface area contributed by atoms with E-state index in [2.05, 4.69) is 6.92 Å². The molecule has 1 atom stereocenters. The zero-order chi connectivity index (χ0) is 19.0. The maximum absolute atomic E-state index is 11.7. The standard InChI is InChI=1S/C18H37NO5S/c1-2-3-4-5-6-7-8-9-10-11-12-13-14-17(25(21,22)23)18(20)24-16-15-19/h17H,2-16,19H2,1H3,(H,21,22,23). The first-order valence-electron chi connectivity index (χ1n) is 9.76. The topological polar surface area (TPSA) is 107 Å². The molecule has 0 aliphatic rings. The zero-order valence-electron chi connectivity index (χ0n) is 15.7. The predicted molar refractivity (Wildman–Crippen MR) is 101 cm³/mol. The van der Waals surface area contributed by atoms with E-state index < -0.39 is 21.3 Å². The number of carbonyl (C=O) groups excluding carboxylic acids is 1. The molecule has 0 radical (unpaired) electrons. The molecule has 0 fully saturated rings. The van der Waals surface area contributed by atoms with Crippen LogP contribution in [-0.4, -0.2) is 37.3 Å². The lowest BCUT2D eigenvalue weighted by atomic mass is 10.0. The highest BCUT2D eigenvalue weighted by Crippen LogP contribution is 2.15. The van der Waals surface area contributed by atoms with Crippen molar-refractivity contribution in [3.8, 4) is 0 Å². The maximum Gasteiger partial charge on any atom is 0.326 e. The summed E-state index contributed by atoms with van der Waals surface area (Å²) in [6, 6.07) is 0. The Morgan fingerprint density at radius 2 is 1.36 bits per heavy atom. The fourth-order valence-electron chi connectivity index (χ4n) is 2.81. The van der Waals surface area contributed by atoms with E-state index in [0.717, 1.165) is 19.3 Å². The van der Waals surface area contributed by atoms with E-state index in [-0.39, 0.29) is 19.6 Å². The second-order valence-electron chi connectivity index (χ2n) is 6.64. The number of hydrogen-bond acceptors (Lipinski definition) is 5. The van der Waals surface area contributed by atoms with Crippen molar-refractivity contribution in [2.45, 2.75) is 95.6 Å². The van der Waals surface area contributed by atoms with Gasteiger partial charge in [-0.2, -0.15) is 8.42 Å². The number of rotatable bonds is 17. The summed E-state index contributed by atoms with van der Waals surface area (Å²) >= 11 is 0. The first-order chi connectivity index (χ1) is 11.9. The van der Waals surface area contributed by atoms with Crippen molar-refractivity contribution >= 4 is 16.1 Å². The molecule has 0 amide bonds. The van der Waals surface area contributed by atoms with Crippen molar-refractivity contribution in [2.75, 3.05) is 13.2 Å². The Hall–Kier alpha value is -0.660. The van der Waals surface area contributed by atoms with Gasteiger partial charge in [0.15, 0.2) is 5.25 Å². The summed E-state index contributed by atoms with van der Waals surface area (Å²) in [6.45, 7) is 2.31. The summed E-state index contributed by atoms with van der Waals surface area (Å²) in [7, 11) is -4.42. The SMILES string of the molecule is CCCCCCCCCCCCCCC(C(=O)OCCN)S(=O)(=O)O. The molecule has 0 aromatic rings. The van der Waals surface area contributed by atoms with E-state index >= 15 is 0 Å². The van der Waals surface area contributed by atoms with E-state index in [0.29, 0.717) is 6.42 Å². The lowest BCUT2D eigenvalue weighted by Crippen LogP contribution is -2.32. The van der Waals surface area contributed by atoms with Gasteiger partial charge in [-0.3, -0.25) is 9.35 Å². The molecule has 6 nitrogen and oxygen atoms in total. The molecule has 0 heterocycles. The molecule has 0 aliphatic heterocycles. The van der Waals surface area contributed by atoms with Crippen molar-refractivity contribution in [3.05, 3.63) is 0 Å². The van der Waals surface area contributed by atoms with Crippen molar-refractivity contribution in [2.24, 2.45) is 5.73 Å². The van der Waals surface area contributed by atoms with Gasteiger partial charge in [0.05, 0.1) is 0 Å². The summed E-state index contributed by atoms with van der Waals surface area (Å²) in [5.41, 5.74) is 5.22. The zero-order valence-corrected chi connectivity index (χ0v) is 16.6. The first kappa shape index (κ1) is 24.3. The normalized spacial score (nSPS) is 12.9. The van der Waals surface area contributed by atoms with Crippen LogP contribution >= 0.6 is 0 Å². The minimum Gasteiger partial charge on any atom is -0.463 e. The molecule has 0 aliphatic carbocycles. The molecular formula is C18H37NO5S. The summed E-state index contributed by atoms with van der Waals surface area (Å²) < 4.78 is 36.5. The molecule has 150 valence electrons. The van der Waals surface area contributed by atoms with Crippen LogP contribution in [0.1, 0.15) is 90.4 Å². The van der Waals surface area contributed by atoms with Gasteiger partial charge in [-0.15, -0.1) is 0 Å². The van der Waals surface area contributed by atoms with E-state index in [1.165, 1.54) is 51.4 Å². The van der Waals surface area contributed by atoms with Crippen LogP contribution < -0.4 is 5.73 Å². The first-order valence-corrected chi connectivity index (χ1v) is 11.3. The lowest BCUT2D eigenvalue weighted by Gasteiger charge is -2.12. The van der Waals surface area contributed by atoms with Crippen LogP contribution in [0.2, 0.25) is 0 Å². The van der Waals surface area contributed by atoms with Gasteiger partial charge >= 0.3 is 5.97 Å². The fourth-order valence-corrected chi connectivity index (χ4v) is 3.59. The van der Waals surface area contributed by atoms with Gasteiger partial charge in [-0.05, 0) is 6.42 Å². The minimum absolute atomic E-state index is 0.0384. The van der Waals surface area contributed by atoms with Gasteiger partial charge in [-0.25, -0.2) is 0 Å². The largest absolute Gasteiger partial charge is 0.463 e. The fraction of sp³-hybridized carbons (Fsp3) is 0.944. The Kier molecular flexibility index (Phi) is 15.2. The van der Waals surface area contributed by atoms with Gasteiger partial charge in [0, 0.05) is 6.54 Å². The Labute approximate surface area is 153 Å². The number of nitrogens with two attached hydrogens (primary N) is 1. The van der Waals surface area contributed by atoms with Crippen LogP contribution in [-0.2, 0) is 19.6 Å². The number of ether oxygens (including phenoxy) is 1. The molecule has 0 spiro atoms. The summed E-state index contributed by atoms with van der Waals surface area (Å²) in [5.74, 6) is -0.906. The highest BCUT2D eigenvalue weighted by molar-refractivity contribution is 7.87. The van der Waals surface area contributed by atoms with Crippen LogP contribution in [0.3, 0.4) is 0 Å². The summed E-state index contributed by atoms with van der Waals surface area (Å²) in [5, 5.41) is -1.48. The maximum atomic E-state index is 11.7. The molecular weight excluding hydrogens is 342 g/mol. The predicted octanol–water partition coefficient (Wildman–Crippen LogP) is 3.84. The molecule has 0 saturated carbocycles. The monoisotopic (exact) mass is 379 g/mol. The van der Waals surface area contributed by atoms with Crippen molar-refractivity contribution < 1.29 is 22.5 Å². The number of carbonyl (C=O) groups is 1. The van der Waals surface area contributed by atoms with E-state index in [4.69, 9.17) is 15.0 Å². The smallest absolute Gasteiger partial charge is 0.326 e. The Balaban J connectivity index is 3.70. The van der Waals surface area contributed by atoms with E-state index in [1.54, 1.807) is 0 Å². The highest BCUT2D eigenvalue weighted by atomic mass is 32.2. The third kappa shape index (κ3) is 14.2. The number of unbranched alkanes of at least 4 members (excludes halogenated alkanes) is 11. The molecule has 25 heavy (non-hydrogen) atoms. The minimum atomic E-state index is -4.42.